The number of azo groups is 4. The van der Waals surface area contributed by atoms with Gasteiger partial charge < -0.3 is 0 Å². The molecule has 6 heterocycles. The molecule has 80 heavy (non-hydrogen) atoms. The zero-order valence-electron chi connectivity index (χ0n) is 53.8. The number of allylic oxidation sites excluding steroid dienone is 2. The maximum atomic E-state index is 4.89. The molecule has 6 aliphatic heterocycles. The van der Waals surface area contributed by atoms with Gasteiger partial charge in [-0.25, -0.2) is 4.99 Å². The van der Waals surface area contributed by atoms with E-state index in [0.29, 0.717) is 0 Å². The molecule has 8 heteroatoms. The van der Waals surface area contributed by atoms with Gasteiger partial charge in [-0.1, -0.05) is 18.4 Å². The van der Waals surface area contributed by atoms with Gasteiger partial charge in [0.05, 0.1) is 39.6 Å². The first-order valence-electron chi connectivity index (χ1n) is 29.3. The van der Waals surface area contributed by atoms with Crippen LogP contribution < -0.4 is 0 Å². The summed E-state index contributed by atoms with van der Waals surface area (Å²) in [6.45, 7) is 52.2. The van der Waals surface area contributed by atoms with Crippen LogP contribution in [-0.2, 0) is 51.6 Å². The van der Waals surface area contributed by atoms with Gasteiger partial charge in [0, 0.05) is 48.4 Å². The van der Waals surface area contributed by atoms with Crippen molar-refractivity contribution in [2.24, 2.45) is 36.1 Å². The second-order valence-electron chi connectivity index (χ2n) is 24.8. The standard InChI is InChI=1S/C17H23N.C15H17N.C14H20.2C13H16N3/c1-9(2)10(3)16-8-15-13(6)11(4)12(5)14(7)17(15)18-16;1-6-7-13-8-14-11(4)9(2)10(3)12(5)15(14)16-13;1-8-6-13-11(4)9(2)10(3)12(5)14(13)7-8;1-7-5-10-8(2)13-11(6-16(4)15-13)9(3)12(10)14-7;1-7-5-10-8(2)11-6-16(4)15-13(11)9(3)12(10)14-7/h8H2,1-7H3;8H2,1-5H3;8H,6-7H2,1-5H3;2*5-6H2,1-4H3/q;;;2*+1. The Balaban J connectivity index is 0.000000132. The van der Waals surface area contributed by atoms with Crippen LogP contribution >= 0.6 is 0 Å². The highest BCUT2D eigenvalue weighted by molar-refractivity contribution is 6.08. The second-order valence-corrected chi connectivity index (χ2v) is 24.8. The third kappa shape index (κ3) is 10.8. The van der Waals surface area contributed by atoms with E-state index in [2.05, 4.69) is 189 Å². The monoisotopic (exact) mass is 1070 g/mol. The zero-order valence-corrected chi connectivity index (χ0v) is 53.8. The Hall–Kier alpha value is -6.72. The minimum Gasteiger partial charge on any atom is -0.257 e. The first-order valence-corrected chi connectivity index (χ1v) is 29.3. The molecule has 0 radical (unpaired) electrons. The van der Waals surface area contributed by atoms with Gasteiger partial charge in [0.1, 0.15) is 11.4 Å². The Morgan fingerprint density at radius 2 is 0.738 bits per heavy atom. The highest BCUT2D eigenvalue weighted by Gasteiger charge is 2.32. The van der Waals surface area contributed by atoms with Crippen LogP contribution in [0.4, 0.5) is 34.1 Å². The summed E-state index contributed by atoms with van der Waals surface area (Å²) in [7, 11) is 4.05. The van der Waals surface area contributed by atoms with E-state index in [1.165, 1.54) is 181 Å². The summed E-state index contributed by atoms with van der Waals surface area (Å²) >= 11 is 0. The summed E-state index contributed by atoms with van der Waals surface area (Å²) in [5, 5.41) is 9.18. The maximum Gasteiger partial charge on any atom is 0.196 e. The fraction of sp³-hybridized carbons (Fsp3) is 0.472. The molecule has 0 spiro atoms. The molecular formula is C72H92N8+2. The second kappa shape index (κ2) is 23.0. The van der Waals surface area contributed by atoms with Gasteiger partial charge in [-0.2, -0.15) is 0 Å². The lowest BCUT2D eigenvalue weighted by Crippen LogP contribution is -2.03. The van der Waals surface area contributed by atoms with Crippen molar-refractivity contribution in [3.8, 4) is 11.8 Å². The van der Waals surface area contributed by atoms with Gasteiger partial charge in [-0.3, -0.25) is 15.0 Å². The lowest BCUT2D eigenvalue weighted by atomic mass is 9.90. The molecule has 0 bridgehead atoms. The predicted molar refractivity (Wildman–Crippen MR) is 341 cm³/mol. The van der Waals surface area contributed by atoms with Gasteiger partial charge in [-0.05, 0) is 304 Å². The van der Waals surface area contributed by atoms with Crippen molar-refractivity contribution in [2.45, 2.75) is 211 Å². The van der Waals surface area contributed by atoms with Crippen molar-refractivity contribution in [1.29, 1.82) is 0 Å². The maximum absolute atomic E-state index is 4.89. The van der Waals surface area contributed by atoms with E-state index >= 15 is 0 Å². The number of rotatable bonds is 1. The van der Waals surface area contributed by atoms with Gasteiger partial charge >= 0.3 is 0 Å². The molecule has 12 rings (SSSR count). The SMILES string of the molecule is CC#CC1=Nc2c(C)c(C)c(C)c(C)c2C1.CC(C)=C(C)C1=Nc2c(C)c(C)c(C)c(C)c2C1.CC1=Nc2c(C)c3c(c(C)c2C1)C[N+](C)=N3.CC1=Nc2c(C)c3c(c(C)c2C1)N=[N+](C)C3.Cc1c(C)c(C)c2c(c1C)CC(C)C2. The van der Waals surface area contributed by atoms with E-state index in [9.17, 15) is 0 Å². The van der Waals surface area contributed by atoms with Crippen LogP contribution in [0, 0.1) is 129 Å². The average molecular weight is 1070 g/mol. The Kier molecular flexibility index (Phi) is 17.1. The lowest BCUT2D eigenvalue weighted by molar-refractivity contribution is -0.570. The van der Waals surface area contributed by atoms with Gasteiger partial charge in [0.15, 0.2) is 27.2 Å². The summed E-state index contributed by atoms with van der Waals surface area (Å²) < 4.78 is 4.02. The van der Waals surface area contributed by atoms with E-state index in [0.717, 1.165) is 56.1 Å². The molecule has 0 N–H and O–H groups in total. The minimum atomic E-state index is 0.851. The van der Waals surface area contributed by atoms with E-state index in [4.69, 9.17) is 4.99 Å². The lowest BCUT2D eigenvalue weighted by Gasteiger charge is -2.15. The van der Waals surface area contributed by atoms with Crippen molar-refractivity contribution in [1.82, 2.24) is 0 Å². The third-order valence-electron chi connectivity index (χ3n) is 19.4. The summed E-state index contributed by atoms with van der Waals surface area (Å²) in [6, 6.07) is 0. The minimum absolute atomic E-state index is 0.851. The quantitative estimate of drug-likeness (QED) is 0.118. The van der Waals surface area contributed by atoms with E-state index in [1.807, 2.05) is 30.4 Å². The Labute approximate surface area is 481 Å². The third-order valence-corrected chi connectivity index (χ3v) is 19.4. The van der Waals surface area contributed by atoms with Gasteiger partial charge in [-0.15, -0.1) is 15.3 Å². The molecule has 7 aliphatic rings. The normalized spacial score (nSPS) is 15.2. The van der Waals surface area contributed by atoms with E-state index < -0.39 is 0 Å². The largest absolute Gasteiger partial charge is 0.257 e. The van der Waals surface area contributed by atoms with Crippen molar-refractivity contribution in [3.05, 3.63) is 145 Å². The number of hydrogen-bond acceptors (Lipinski definition) is 6. The van der Waals surface area contributed by atoms with Crippen molar-refractivity contribution in [3.63, 3.8) is 0 Å². The van der Waals surface area contributed by atoms with Crippen molar-refractivity contribution in [2.75, 3.05) is 14.1 Å². The van der Waals surface area contributed by atoms with Gasteiger partial charge in [0.2, 0.25) is 0 Å². The summed E-state index contributed by atoms with van der Waals surface area (Å²) in [4.78, 5) is 18.9. The highest BCUT2D eigenvalue weighted by Crippen LogP contribution is 2.46. The molecule has 0 saturated heterocycles. The van der Waals surface area contributed by atoms with Crippen LogP contribution in [0.2, 0.25) is 0 Å². The number of benzene rings is 5. The molecular weight excluding hydrogens is 977 g/mol. The smallest absolute Gasteiger partial charge is 0.196 e. The van der Waals surface area contributed by atoms with Crippen LogP contribution in [0.25, 0.3) is 0 Å². The Bertz CT molecular complexity index is 3660. The van der Waals surface area contributed by atoms with E-state index in [-0.39, 0.29) is 0 Å². The van der Waals surface area contributed by atoms with Gasteiger partial charge in [0.25, 0.3) is 0 Å². The molecule has 0 unspecified atom stereocenters. The van der Waals surface area contributed by atoms with Crippen molar-refractivity contribution < 1.29 is 9.39 Å². The Morgan fingerprint density at radius 3 is 1.21 bits per heavy atom. The molecule has 0 amide bonds. The number of aliphatic imine (C=N–C) groups is 4. The van der Waals surface area contributed by atoms with Crippen LogP contribution in [-0.4, -0.2) is 46.3 Å². The predicted octanol–water partition coefficient (Wildman–Crippen LogP) is 18.5. The molecule has 0 aromatic heterocycles. The molecule has 8 nitrogen and oxygen atoms in total. The first-order chi connectivity index (χ1) is 37.6. The molecule has 5 aromatic rings. The fourth-order valence-corrected chi connectivity index (χ4v) is 13.1. The zero-order chi connectivity index (χ0) is 58.8. The van der Waals surface area contributed by atoms with Crippen LogP contribution in [0.15, 0.2) is 41.3 Å². The van der Waals surface area contributed by atoms with Crippen LogP contribution in [0.5, 0.6) is 0 Å². The average Bonchev–Trinajstić information content (AvgIpc) is 4.45. The molecule has 418 valence electrons. The number of fused-ring (bicyclic) bond motifs is 7. The number of hydrogen-bond donors (Lipinski definition) is 0. The molecule has 0 saturated carbocycles. The molecule has 0 fully saturated rings. The molecule has 1 aliphatic carbocycles. The summed E-state index contributed by atoms with van der Waals surface area (Å²) in [5.74, 6) is 6.87. The summed E-state index contributed by atoms with van der Waals surface area (Å²) in [5.41, 5.74) is 48.6. The van der Waals surface area contributed by atoms with E-state index in [1.54, 1.807) is 22.3 Å². The molecule has 0 atom stereocenters. The van der Waals surface area contributed by atoms with Crippen molar-refractivity contribution >= 4 is 57.0 Å². The topological polar surface area (TPSA) is 80.2 Å². The first kappa shape index (κ1) is 59.4. The highest BCUT2D eigenvalue weighted by atomic mass is 15.3. The molecule has 5 aromatic carbocycles. The van der Waals surface area contributed by atoms with Crippen LogP contribution in [0.3, 0.4) is 0 Å². The fourth-order valence-electron chi connectivity index (χ4n) is 13.1. The Morgan fingerprint density at radius 1 is 0.375 bits per heavy atom. The number of nitrogens with zero attached hydrogens (tertiary/aromatic N) is 8. The van der Waals surface area contributed by atoms with Crippen LogP contribution in [0.1, 0.15) is 182 Å². The summed E-state index contributed by atoms with van der Waals surface area (Å²) in [6.07, 6.45) is 6.50.